The van der Waals surface area contributed by atoms with Crippen LogP contribution in [0, 0.1) is 0 Å². The molecule has 1 nitrogen and oxygen atoms in total. The Morgan fingerprint density at radius 2 is 1.65 bits per heavy atom. The van der Waals surface area contributed by atoms with Crippen molar-refractivity contribution in [2.75, 3.05) is 0 Å². The van der Waals surface area contributed by atoms with Crippen molar-refractivity contribution in [1.82, 2.24) is 4.98 Å². The molecule has 4 aromatic rings. The van der Waals surface area contributed by atoms with E-state index >= 15 is 0 Å². The first kappa shape index (κ1) is 15.3. The van der Waals surface area contributed by atoms with Crippen molar-refractivity contribution >= 4 is 27.8 Å². The number of rotatable bonds is 1. The summed E-state index contributed by atoms with van der Waals surface area (Å²) in [4.78, 5) is 5.25. The molecule has 0 aliphatic heterocycles. The molecule has 5 rings (SSSR count). The quantitative estimate of drug-likeness (QED) is 0.351. The van der Waals surface area contributed by atoms with Crippen LogP contribution in [-0.4, -0.2) is 4.98 Å². The number of fused-ring (bicyclic) bond motifs is 6. The van der Waals surface area contributed by atoms with Crippen LogP contribution in [0.1, 0.15) is 31.4 Å². The molecule has 1 aliphatic rings. The lowest BCUT2D eigenvalue weighted by atomic mass is 9.78. The maximum atomic E-state index is 5.25. The zero-order valence-corrected chi connectivity index (χ0v) is 15.2. The molecule has 126 valence electrons. The third kappa shape index (κ3) is 2.13. The molecule has 1 aliphatic carbocycles. The molecule has 1 aromatic heterocycles. The highest BCUT2D eigenvalue weighted by atomic mass is 14.7. The van der Waals surface area contributed by atoms with Gasteiger partial charge in [-0.3, -0.25) is 0 Å². The average molecular weight is 335 g/mol. The molecule has 0 unspecified atom stereocenters. The van der Waals surface area contributed by atoms with Gasteiger partial charge in [0.05, 0.1) is 11.2 Å². The summed E-state index contributed by atoms with van der Waals surface area (Å²) in [5.74, 6) is 0. The van der Waals surface area contributed by atoms with Gasteiger partial charge in [0.2, 0.25) is 0 Å². The van der Waals surface area contributed by atoms with Crippen LogP contribution in [0.15, 0.2) is 72.8 Å². The Labute approximate surface area is 154 Å². The van der Waals surface area contributed by atoms with Gasteiger partial charge in [-0.1, -0.05) is 86.7 Å². The van der Waals surface area contributed by atoms with E-state index in [-0.39, 0.29) is 5.41 Å². The van der Waals surface area contributed by atoms with Crippen LogP contribution in [0.25, 0.3) is 39.0 Å². The molecule has 0 fully saturated rings. The van der Waals surface area contributed by atoms with Gasteiger partial charge in [-0.05, 0) is 29.0 Å². The molecule has 0 radical (unpaired) electrons. The minimum atomic E-state index is -0.0127. The lowest BCUT2D eigenvalue weighted by molar-refractivity contribution is 0.576. The second-order valence-corrected chi connectivity index (χ2v) is 7.43. The second-order valence-electron chi connectivity index (χ2n) is 7.43. The normalized spacial score (nSPS) is 18.5. The fourth-order valence-corrected chi connectivity index (χ4v) is 4.08. The van der Waals surface area contributed by atoms with Gasteiger partial charge in [-0.25, -0.2) is 4.98 Å². The van der Waals surface area contributed by atoms with Crippen molar-refractivity contribution in [3.05, 3.63) is 83.9 Å². The summed E-state index contributed by atoms with van der Waals surface area (Å²) in [6.07, 6.45) is 5.67. The van der Waals surface area contributed by atoms with Crippen LogP contribution in [0.5, 0.6) is 0 Å². The number of pyridine rings is 1. The number of allylic oxidation sites excluding steroid dienone is 1. The third-order valence-corrected chi connectivity index (χ3v) is 5.91. The maximum absolute atomic E-state index is 5.25. The summed E-state index contributed by atoms with van der Waals surface area (Å²) in [5.41, 5.74) is 6.00. The number of hydrogen-bond acceptors (Lipinski definition) is 1. The van der Waals surface area contributed by atoms with Gasteiger partial charge in [-0.15, -0.1) is 0 Å². The minimum absolute atomic E-state index is 0.0127. The topological polar surface area (TPSA) is 12.9 Å². The number of benzene rings is 3. The smallest absolute Gasteiger partial charge is 0.0788 e. The molecule has 0 spiro atoms. The van der Waals surface area contributed by atoms with E-state index in [1.165, 1.54) is 32.8 Å². The van der Waals surface area contributed by atoms with Crippen molar-refractivity contribution in [2.24, 2.45) is 0 Å². The molecule has 0 bridgehead atoms. The summed E-state index contributed by atoms with van der Waals surface area (Å²) < 4.78 is 0. The Balaban J connectivity index is 1.95. The Morgan fingerprint density at radius 1 is 0.885 bits per heavy atom. The Bertz CT molecular complexity index is 1190. The number of aromatic nitrogens is 1. The first-order valence-corrected chi connectivity index (χ1v) is 9.31. The van der Waals surface area contributed by atoms with Crippen LogP contribution in [-0.2, 0) is 5.41 Å². The molecule has 0 amide bonds. The predicted octanol–water partition coefficient (Wildman–Crippen LogP) is 6.75. The van der Waals surface area contributed by atoms with Crippen LogP contribution in [0.2, 0.25) is 0 Å². The van der Waals surface area contributed by atoms with Gasteiger partial charge in [0.1, 0.15) is 0 Å². The van der Waals surface area contributed by atoms with Crippen molar-refractivity contribution in [1.29, 1.82) is 0 Å². The van der Waals surface area contributed by atoms with Gasteiger partial charge in [-0.2, -0.15) is 0 Å². The third-order valence-electron chi connectivity index (χ3n) is 5.91. The fourth-order valence-electron chi connectivity index (χ4n) is 4.08. The highest BCUT2D eigenvalue weighted by Crippen LogP contribution is 2.42. The van der Waals surface area contributed by atoms with E-state index in [4.69, 9.17) is 4.98 Å². The largest absolute Gasteiger partial charge is 0.247 e. The van der Waals surface area contributed by atoms with E-state index in [9.17, 15) is 0 Å². The van der Waals surface area contributed by atoms with Gasteiger partial charge < -0.3 is 0 Å². The van der Waals surface area contributed by atoms with Crippen molar-refractivity contribution in [2.45, 2.75) is 25.7 Å². The van der Waals surface area contributed by atoms with Gasteiger partial charge >= 0.3 is 0 Å². The first-order valence-electron chi connectivity index (χ1n) is 9.31. The van der Waals surface area contributed by atoms with Gasteiger partial charge in [0, 0.05) is 21.8 Å². The van der Waals surface area contributed by atoms with E-state index in [0.29, 0.717) is 0 Å². The monoisotopic (exact) mass is 335 g/mol. The molecule has 1 atom stereocenters. The first-order chi connectivity index (χ1) is 12.7. The predicted molar refractivity (Wildman–Crippen MR) is 111 cm³/mol. The molecule has 26 heavy (non-hydrogen) atoms. The Hall–Kier alpha value is -2.93. The van der Waals surface area contributed by atoms with E-state index in [1.807, 2.05) is 0 Å². The molecule has 0 saturated heterocycles. The van der Waals surface area contributed by atoms with E-state index in [2.05, 4.69) is 92.7 Å². The van der Waals surface area contributed by atoms with E-state index in [0.717, 1.165) is 17.6 Å². The number of nitrogens with zero attached hydrogens (tertiary/aromatic N) is 1. The standard InChI is InChI=1S/C25H21N/c1-3-25(2)15-14-18-9-5-7-11-21(18)24-22(25)16-19-13-12-17-8-4-6-10-20(17)23(19)26-24/h4-16H,3H2,1-2H3/t25-/m1/s1. The Morgan fingerprint density at radius 3 is 2.54 bits per heavy atom. The molecular formula is C25H21N. The Kier molecular flexibility index (Phi) is 3.27. The lowest BCUT2D eigenvalue weighted by Gasteiger charge is -2.26. The molecular weight excluding hydrogens is 314 g/mol. The second kappa shape index (κ2) is 5.54. The average Bonchev–Trinajstić information content (AvgIpc) is 2.82. The maximum Gasteiger partial charge on any atom is 0.0788 e. The van der Waals surface area contributed by atoms with Crippen LogP contribution < -0.4 is 0 Å². The lowest BCUT2D eigenvalue weighted by Crippen LogP contribution is -2.18. The minimum Gasteiger partial charge on any atom is -0.247 e. The summed E-state index contributed by atoms with van der Waals surface area (Å²) in [5, 5.41) is 3.68. The molecule has 1 heterocycles. The highest BCUT2D eigenvalue weighted by Gasteiger charge is 2.29. The summed E-state index contributed by atoms with van der Waals surface area (Å²) in [6.45, 7) is 4.58. The van der Waals surface area contributed by atoms with Gasteiger partial charge in [0.25, 0.3) is 0 Å². The summed E-state index contributed by atoms with van der Waals surface area (Å²) in [7, 11) is 0. The highest BCUT2D eigenvalue weighted by molar-refractivity contribution is 6.06. The molecule has 0 saturated carbocycles. The number of hydrogen-bond donors (Lipinski definition) is 0. The fraction of sp³-hybridized carbons (Fsp3) is 0.160. The van der Waals surface area contributed by atoms with E-state index in [1.54, 1.807) is 0 Å². The van der Waals surface area contributed by atoms with Crippen molar-refractivity contribution in [3.8, 4) is 11.3 Å². The molecule has 3 aromatic carbocycles. The molecule has 1 heteroatoms. The van der Waals surface area contributed by atoms with Crippen LogP contribution >= 0.6 is 0 Å². The van der Waals surface area contributed by atoms with Crippen molar-refractivity contribution < 1.29 is 0 Å². The van der Waals surface area contributed by atoms with E-state index < -0.39 is 0 Å². The summed E-state index contributed by atoms with van der Waals surface area (Å²) >= 11 is 0. The van der Waals surface area contributed by atoms with Gasteiger partial charge in [0.15, 0.2) is 0 Å². The molecule has 0 N–H and O–H groups in total. The van der Waals surface area contributed by atoms with Crippen LogP contribution in [0.3, 0.4) is 0 Å². The summed E-state index contributed by atoms with van der Waals surface area (Å²) in [6, 6.07) is 23.9. The zero-order chi connectivity index (χ0) is 17.7. The van der Waals surface area contributed by atoms with Crippen molar-refractivity contribution in [3.63, 3.8) is 0 Å². The van der Waals surface area contributed by atoms with Crippen LogP contribution in [0.4, 0.5) is 0 Å². The zero-order valence-electron chi connectivity index (χ0n) is 15.2. The SMILES string of the molecule is CC[C@]1(C)C=Cc2ccccc2-c2nc3c(ccc4ccccc43)cc21.